The smallest absolute Gasteiger partial charge is 0.377 e. The maximum atomic E-state index is 12.8. The van der Waals surface area contributed by atoms with E-state index in [2.05, 4.69) is 10.2 Å². The highest BCUT2D eigenvalue weighted by Crippen LogP contribution is 2.30. The molecule has 6 heteroatoms. The van der Waals surface area contributed by atoms with Gasteiger partial charge in [-0.05, 0) is 12.8 Å². The van der Waals surface area contributed by atoms with Crippen molar-refractivity contribution in [2.45, 2.75) is 50.2 Å². The fraction of sp³-hybridized carbons (Fsp3) is 0.900. The molecule has 0 amide bonds. The third kappa shape index (κ3) is 2.68. The molecule has 0 aromatic rings. The van der Waals surface area contributed by atoms with E-state index in [0.717, 1.165) is 25.7 Å². The Morgan fingerprint density at radius 1 is 1.44 bits per heavy atom. The van der Waals surface area contributed by atoms with Crippen LogP contribution in [0.4, 0.5) is 8.78 Å². The summed E-state index contributed by atoms with van der Waals surface area (Å²) in [5.74, 6) is -4.76. The summed E-state index contributed by atoms with van der Waals surface area (Å²) in [6.07, 6.45) is 3.08. The SMILES string of the molecule is O=C1OC(CNOC2CCCC2)CC1(F)F. The number of nitrogens with one attached hydrogen (secondary N) is 1. The van der Waals surface area contributed by atoms with Crippen molar-refractivity contribution in [2.75, 3.05) is 6.54 Å². The van der Waals surface area contributed by atoms with Crippen molar-refractivity contribution >= 4 is 5.97 Å². The molecular weight excluding hydrogens is 220 g/mol. The van der Waals surface area contributed by atoms with Crippen LogP contribution in [0.5, 0.6) is 0 Å². The zero-order valence-corrected chi connectivity index (χ0v) is 8.88. The Balaban J connectivity index is 1.65. The minimum absolute atomic E-state index is 0.123. The zero-order valence-electron chi connectivity index (χ0n) is 8.88. The molecule has 2 fully saturated rings. The van der Waals surface area contributed by atoms with E-state index in [1.807, 2.05) is 0 Å². The first-order chi connectivity index (χ1) is 7.58. The van der Waals surface area contributed by atoms with Gasteiger partial charge in [0.05, 0.1) is 19.1 Å². The van der Waals surface area contributed by atoms with E-state index < -0.39 is 24.4 Å². The van der Waals surface area contributed by atoms with Crippen LogP contribution in [0, 0.1) is 0 Å². The quantitative estimate of drug-likeness (QED) is 0.591. The monoisotopic (exact) mass is 235 g/mol. The number of halogens is 2. The highest BCUT2D eigenvalue weighted by atomic mass is 19.3. The summed E-state index contributed by atoms with van der Waals surface area (Å²) in [6.45, 7) is 0.123. The van der Waals surface area contributed by atoms with Crippen molar-refractivity contribution in [3.05, 3.63) is 0 Å². The molecule has 1 aliphatic carbocycles. The van der Waals surface area contributed by atoms with E-state index >= 15 is 0 Å². The van der Waals surface area contributed by atoms with Gasteiger partial charge in [-0.25, -0.2) is 4.79 Å². The van der Waals surface area contributed by atoms with Crippen LogP contribution in [-0.2, 0) is 14.4 Å². The molecule has 1 saturated carbocycles. The average Bonchev–Trinajstić information content (AvgIpc) is 2.76. The lowest BCUT2D eigenvalue weighted by molar-refractivity contribution is -0.159. The third-order valence-corrected chi connectivity index (χ3v) is 2.92. The van der Waals surface area contributed by atoms with Gasteiger partial charge in [0.1, 0.15) is 6.10 Å². The lowest BCUT2D eigenvalue weighted by Crippen LogP contribution is -2.30. The second kappa shape index (κ2) is 4.63. The molecule has 2 aliphatic rings. The number of esters is 1. The Labute approximate surface area is 92.2 Å². The Morgan fingerprint density at radius 3 is 2.69 bits per heavy atom. The first kappa shape index (κ1) is 11.7. The molecule has 1 heterocycles. The van der Waals surface area contributed by atoms with Crippen LogP contribution in [0.25, 0.3) is 0 Å². The number of carbonyl (C=O) groups is 1. The van der Waals surface area contributed by atoms with Crippen molar-refractivity contribution in [3.8, 4) is 0 Å². The molecular formula is C10H15F2NO3. The van der Waals surface area contributed by atoms with Gasteiger partial charge in [0.25, 0.3) is 0 Å². The maximum Gasteiger partial charge on any atom is 0.377 e. The van der Waals surface area contributed by atoms with Gasteiger partial charge in [-0.2, -0.15) is 14.3 Å². The predicted molar refractivity (Wildman–Crippen MR) is 50.8 cm³/mol. The van der Waals surface area contributed by atoms with Gasteiger partial charge in [-0.1, -0.05) is 12.8 Å². The van der Waals surface area contributed by atoms with Crippen molar-refractivity contribution < 1.29 is 23.1 Å². The van der Waals surface area contributed by atoms with Crippen molar-refractivity contribution in [3.63, 3.8) is 0 Å². The van der Waals surface area contributed by atoms with Crippen LogP contribution >= 0.6 is 0 Å². The summed E-state index contributed by atoms with van der Waals surface area (Å²) in [5.41, 5.74) is 2.62. The summed E-state index contributed by atoms with van der Waals surface area (Å²) >= 11 is 0. The van der Waals surface area contributed by atoms with E-state index in [1.54, 1.807) is 0 Å². The molecule has 1 atom stereocenters. The molecule has 16 heavy (non-hydrogen) atoms. The van der Waals surface area contributed by atoms with Crippen LogP contribution in [-0.4, -0.2) is 30.6 Å². The normalized spacial score (nSPS) is 29.6. The first-order valence-corrected chi connectivity index (χ1v) is 5.55. The highest BCUT2D eigenvalue weighted by molar-refractivity contribution is 5.79. The van der Waals surface area contributed by atoms with Crippen LogP contribution in [0.15, 0.2) is 0 Å². The van der Waals surface area contributed by atoms with Gasteiger partial charge in [0, 0.05) is 0 Å². The number of cyclic esters (lactones) is 1. The molecule has 1 aliphatic heterocycles. The minimum atomic E-state index is -3.33. The van der Waals surface area contributed by atoms with Gasteiger partial charge >= 0.3 is 11.9 Å². The summed E-state index contributed by atoms with van der Waals surface area (Å²) < 4.78 is 30.1. The Hall–Kier alpha value is -0.750. The first-order valence-electron chi connectivity index (χ1n) is 5.55. The summed E-state index contributed by atoms with van der Waals surface area (Å²) in [7, 11) is 0. The van der Waals surface area contributed by atoms with E-state index in [0.29, 0.717) is 0 Å². The predicted octanol–water partition coefficient (Wildman–Crippen LogP) is 1.40. The van der Waals surface area contributed by atoms with Gasteiger partial charge in [-0.3, -0.25) is 4.84 Å². The maximum absolute atomic E-state index is 12.8. The Bertz CT molecular complexity index is 267. The van der Waals surface area contributed by atoms with Crippen molar-refractivity contribution in [1.29, 1.82) is 0 Å². The standard InChI is InChI=1S/C10H15F2NO3/c11-10(12)5-8(15-9(10)14)6-13-16-7-3-1-2-4-7/h7-8,13H,1-6H2. The largest absolute Gasteiger partial charge is 0.456 e. The number of ether oxygens (including phenoxy) is 1. The van der Waals surface area contributed by atoms with Crippen LogP contribution in [0.2, 0.25) is 0 Å². The molecule has 0 aromatic heterocycles. The lowest BCUT2D eigenvalue weighted by atomic mass is 10.2. The van der Waals surface area contributed by atoms with Gasteiger partial charge in [-0.15, -0.1) is 0 Å². The molecule has 0 aromatic carbocycles. The molecule has 2 rings (SSSR count). The molecule has 1 saturated heterocycles. The van der Waals surface area contributed by atoms with Gasteiger partial charge in [0.2, 0.25) is 0 Å². The second-order valence-corrected chi connectivity index (χ2v) is 4.31. The number of hydrogen-bond acceptors (Lipinski definition) is 4. The topological polar surface area (TPSA) is 47.6 Å². The number of carbonyl (C=O) groups excluding carboxylic acids is 1. The Kier molecular flexibility index (Phi) is 3.39. The van der Waals surface area contributed by atoms with E-state index in [1.165, 1.54) is 0 Å². The van der Waals surface area contributed by atoms with Crippen LogP contribution < -0.4 is 5.48 Å². The average molecular weight is 235 g/mol. The van der Waals surface area contributed by atoms with Crippen molar-refractivity contribution in [1.82, 2.24) is 5.48 Å². The van der Waals surface area contributed by atoms with Crippen LogP contribution in [0.1, 0.15) is 32.1 Å². The number of hydroxylamine groups is 1. The van der Waals surface area contributed by atoms with Crippen LogP contribution in [0.3, 0.4) is 0 Å². The fourth-order valence-electron chi connectivity index (χ4n) is 2.03. The minimum Gasteiger partial charge on any atom is -0.456 e. The molecule has 92 valence electrons. The number of rotatable bonds is 4. The molecule has 0 spiro atoms. The fourth-order valence-corrected chi connectivity index (χ4v) is 2.03. The van der Waals surface area contributed by atoms with E-state index in [9.17, 15) is 13.6 Å². The summed E-state index contributed by atoms with van der Waals surface area (Å²) in [6, 6.07) is 0. The summed E-state index contributed by atoms with van der Waals surface area (Å²) in [4.78, 5) is 16.0. The number of alkyl halides is 2. The summed E-state index contributed by atoms with van der Waals surface area (Å²) in [5, 5.41) is 0. The Morgan fingerprint density at radius 2 is 2.12 bits per heavy atom. The number of hydrogen-bond donors (Lipinski definition) is 1. The molecule has 1 unspecified atom stereocenters. The molecule has 0 bridgehead atoms. The third-order valence-electron chi connectivity index (χ3n) is 2.92. The van der Waals surface area contributed by atoms with Gasteiger partial charge < -0.3 is 4.74 Å². The van der Waals surface area contributed by atoms with Gasteiger partial charge in [0.15, 0.2) is 0 Å². The highest BCUT2D eigenvalue weighted by Gasteiger charge is 2.50. The second-order valence-electron chi connectivity index (χ2n) is 4.31. The van der Waals surface area contributed by atoms with Crippen molar-refractivity contribution in [2.24, 2.45) is 0 Å². The van der Waals surface area contributed by atoms with E-state index in [-0.39, 0.29) is 12.6 Å². The molecule has 0 radical (unpaired) electrons. The molecule has 4 nitrogen and oxygen atoms in total. The molecule has 1 N–H and O–H groups in total. The van der Waals surface area contributed by atoms with E-state index in [4.69, 9.17) is 4.84 Å². The lowest BCUT2D eigenvalue weighted by Gasteiger charge is -2.14. The zero-order chi connectivity index (χ0) is 11.6.